The maximum absolute atomic E-state index is 12.8. The Kier molecular flexibility index (Phi) is 3.80. The van der Waals surface area contributed by atoms with Gasteiger partial charge in [-0.1, -0.05) is 6.08 Å². The minimum absolute atomic E-state index is 0.0782. The Morgan fingerprint density at radius 2 is 1.71 bits per heavy atom. The van der Waals surface area contributed by atoms with Crippen LogP contribution in [0.4, 0.5) is 0 Å². The molecular weight excluding hydrogens is 264 g/mol. The first-order valence-electron chi connectivity index (χ1n) is 8.23. The monoisotopic (exact) mass is 290 g/mol. The van der Waals surface area contributed by atoms with Crippen LogP contribution in [-0.4, -0.2) is 17.9 Å². The van der Waals surface area contributed by atoms with Gasteiger partial charge in [0.05, 0.1) is 0 Å². The smallest absolute Gasteiger partial charge is 0.240 e. The van der Waals surface area contributed by atoms with E-state index in [1.807, 2.05) is 0 Å². The van der Waals surface area contributed by atoms with Crippen LogP contribution in [0.1, 0.15) is 51.4 Å². The van der Waals surface area contributed by atoms with Crippen molar-refractivity contribution in [3.05, 3.63) is 12.7 Å². The molecule has 0 spiro atoms. The third-order valence-corrected chi connectivity index (χ3v) is 5.83. The number of nitrogens with two attached hydrogens (primary N) is 1. The molecule has 4 rings (SSSR count). The molecule has 0 aromatic heterocycles. The molecular formula is C17H26N2O2. The minimum Gasteiger partial charge on any atom is -0.368 e. The van der Waals surface area contributed by atoms with E-state index in [0.717, 1.165) is 37.0 Å². The van der Waals surface area contributed by atoms with E-state index >= 15 is 0 Å². The van der Waals surface area contributed by atoms with E-state index in [2.05, 4.69) is 11.9 Å². The van der Waals surface area contributed by atoms with E-state index in [-0.39, 0.29) is 11.3 Å². The number of nitrogens with one attached hydrogen (secondary N) is 1. The molecule has 1 atom stereocenters. The van der Waals surface area contributed by atoms with E-state index in [9.17, 15) is 9.59 Å². The SMILES string of the molecule is C=CCC[C@H](NC(=O)C12CC3CC(CC(C3)C1)C2)C(N)=O. The molecule has 4 heteroatoms. The largest absolute Gasteiger partial charge is 0.368 e. The van der Waals surface area contributed by atoms with Gasteiger partial charge in [-0.3, -0.25) is 9.59 Å². The fraction of sp³-hybridized carbons (Fsp3) is 0.765. The molecule has 0 aliphatic heterocycles. The van der Waals surface area contributed by atoms with Crippen molar-refractivity contribution < 1.29 is 9.59 Å². The average molecular weight is 290 g/mol. The Bertz CT molecular complexity index is 422. The summed E-state index contributed by atoms with van der Waals surface area (Å²) < 4.78 is 0. The first kappa shape index (κ1) is 14.6. The number of rotatable bonds is 6. The predicted octanol–water partition coefficient (Wildman–Crippen LogP) is 2.14. The molecule has 2 amide bonds. The normalized spacial score (nSPS) is 38.0. The van der Waals surface area contributed by atoms with Crippen molar-refractivity contribution in [1.29, 1.82) is 0 Å². The van der Waals surface area contributed by atoms with Crippen LogP contribution in [0, 0.1) is 23.2 Å². The van der Waals surface area contributed by atoms with Gasteiger partial charge in [0, 0.05) is 5.41 Å². The summed E-state index contributed by atoms with van der Waals surface area (Å²) in [5.41, 5.74) is 5.22. The van der Waals surface area contributed by atoms with Crippen LogP contribution in [0.5, 0.6) is 0 Å². The topological polar surface area (TPSA) is 72.2 Å². The number of hydrogen-bond donors (Lipinski definition) is 2. The van der Waals surface area contributed by atoms with Crippen molar-refractivity contribution >= 4 is 11.8 Å². The fourth-order valence-corrected chi connectivity index (χ4v) is 5.27. The highest BCUT2D eigenvalue weighted by Crippen LogP contribution is 2.60. The summed E-state index contributed by atoms with van der Waals surface area (Å²) in [6, 6.07) is -0.552. The molecule has 4 fully saturated rings. The van der Waals surface area contributed by atoms with Crippen molar-refractivity contribution in [2.45, 2.75) is 57.4 Å². The number of allylic oxidation sites excluding steroid dienone is 1. The van der Waals surface area contributed by atoms with Gasteiger partial charge in [0.25, 0.3) is 0 Å². The van der Waals surface area contributed by atoms with E-state index in [0.29, 0.717) is 12.8 Å². The second-order valence-corrected chi connectivity index (χ2v) is 7.49. The van der Waals surface area contributed by atoms with Crippen LogP contribution in [0.3, 0.4) is 0 Å². The van der Waals surface area contributed by atoms with E-state index < -0.39 is 11.9 Å². The van der Waals surface area contributed by atoms with Gasteiger partial charge < -0.3 is 11.1 Å². The number of carbonyl (C=O) groups is 2. The van der Waals surface area contributed by atoms with Gasteiger partial charge in [-0.2, -0.15) is 0 Å². The van der Waals surface area contributed by atoms with E-state index in [4.69, 9.17) is 5.73 Å². The highest BCUT2D eigenvalue weighted by atomic mass is 16.2. The van der Waals surface area contributed by atoms with Crippen LogP contribution in [0.15, 0.2) is 12.7 Å². The molecule has 3 N–H and O–H groups in total. The van der Waals surface area contributed by atoms with E-state index in [1.165, 1.54) is 19.3 Å². The van der Waals surface area contributed by atoms with Gasteiger partial charge in [-0.25, -0.2) is 0 Å². The number of hydrogen-bond acceptors (Lipinski definition) is 2. The van der Waals surface area contributed by atoms with E-state index in [1.54, 1.807) is 6.08 Å². The Morgan fingerprint density at radius 3 is 2.14 bits per heavy atom. The molecule has 4 aliphatic rings. The van der Waals surface area contributed by atoms with Crippen molar-refractivity contribution in [3.8, 4) is 0 Å². The van der Waals surface area contributed by atoms with Crippen molar-refractivity contribution in [2.75, 3.05) is 0 Å². The average Bonchev–Trinajstić information content (AvgIpc) is 2.41. The van der Waals surface area contributed by atoms with Crippen LogP contribution < -0.4 is 11.1 Å². The first-order chi connectivity index (χ1) is 10.0. The summed E-state index contributed by atoms with van der Waals surface area (Å²) in [7, 11) is 0. The number of amides is 2. The van der Waals surface area contributed by atoms with Crippen molar-refractivity contribution in [3.63, 3.8) is 0 Å². The molecule has 0 unspecified atom stereocenters. The van der Waals surface area contributed by atoms with Crippen LogP contribution in [0.25, 0.3) is 0 Å². The third-order valence-electron chi connectivity index (χ3n) is 5.83. The fourth-order valence-electron chi connectivity index (χ4n) is 5.27. The Balaban J connectivity index is 1.69. The lowest BCUT2D eigenvalue weighted by Crippen LogP contribution is -2.56. The van der Waals surface area contributed by atoms with Crippen LogP contribution in [-0.2, 0) is 9.59 Å². The lowest BCUT2D eigenvalue weighted by Gasteiger charge is -2.55. The summed E-state index contributed by atoms with van der Waals surface area (Å²) in [6.07, 6.45) is 9.96. The molecule has 4 nitrogen and oxygen atoms in total. The zero-order valence-electron chi connectivity index (χ0n) is 12.6. The highest BCUT2D eigenvalue weighted by Gasteiger charge is 2.54. The molecule has 0 radical (unpaired) electrons. The zero-order valence-corrected chi connectivity index (χ0v) is 12.6. The Hall–Kier alpha value is -1.32. The van der Waals surface area contributed by atoms with Crippen LogP contribution in [0.2, 0.25) is 0 Å². The predicted molar refractivity (Wildman–Crippen MR) is 81.2 cm³/mol. The Morgan fingerprint density at radius 1 is 1.19 bits per heavy atom. The molecule has 4 saturated carbocycles. The van der Waals surface area contributed by atoms with Gasteiger partial charge >= 0.3 is 0 Å². The second kappa shape index (κ2) is 5.47. The summed E-state index contributed by atoms with van der Waals surface area (Å²) in [5, 5.41) is 2.95. The van der Waals surface area contributed by atoms with Gasteiger partial charge in [-0.05, 0) is 69.1 Å². The van der Waals surface area contributed by atoms with Gasteiger partial charge in [0.2, 0.25) is 11.8 Å². The minimum atomic E-state index is -0.552. The number of carbonyl (C=O) groups excluding carboxylic acids is 2. The second-order valence-electron chi connectivity index (χ2n) is 7.49. The lowest BCUT2D eigenvalue weighted by molar-refractivity contribution is -0.148. The molecule has 0 saturated heterocycles. The van der Waals surface area contributed by atoms with Crippen molar-refractivity contribution in [2.24, 2.45) is 28.9 Å². The summed E-state index contributed by atoms with van der Waals surface area (Å²) in [4.78, 5) is 24.4. The standard InChI is InChI=1S/C17H26N2O2/c1-2-3-4-14(15(18)20)19-16(21)17-8-11-5-12(9-17)7-13(6-11)10-17/h2,11-14H,1,3-10H2,(H2,18,20)(H,19,21)/t11?,12?,13?,14-,17?/m0/s1. The molecule has 0 heterocycles. The molecule has 4 bridgehead atoms. The number of primary amides is 1. The maximum Gasteiger partial charge on any atom is 0.240 e. The van der Waals surface area contributed by atoms with Gasteiger partial charge in [0.15, 0.2) is 0 Å². The van der Waals surface area contributed by atoms with Gasteiger partial charge in [0.1, 0.15) is 6.04 Å². The summed E-state index contributed by atoms with van der Waals surface area (Å²) in [6.45, 7) is 3.66. The Labute approximate surface area is 126 Å². The lowest BCUT2D eigenvalue weighted by atomic mass is 9.49. The molecule has 21 heavy (non-hydrogen) atoms. The van der Waals surface area contributed by atoms with Crippen molar-refractivity contribution in [1.82, 2.24) is 5.32 Å². The molecule has 116 valence electrons. The third kappa shape index (κ3) is 2.72. The molecule has 0 aromatic carbocycles. The summed E-state index contributed by atoms with van der Waals surface area (Å²) in [5.74, 6) is 1.82. The molecule has 0 aromatic rings. The zero-order chi connectivity index (χ0) is 15.0. The highest BCUT2D eigenvalue weighted by molar-refractivity contribution is 5.89. The molecule has 4 aliphatic carbocycles. The summed E-state index contributed by atoms with van der Waals surface area (Å²) >= 11 is 0. The quantitative estimate of drug-likeness (QED) is 0.736. The van der Waals surface area contributed by atoms with Gasteiger partial charge in [-0.15, -0.1) is 6.58 Å². The maximum atomic E-state index is 12.8. The first-order valence-corrected chi connectivity index (χ1v) is 8.23. The van der Waals surface area contributed by atoms with Crippen LogP contribution >= 0.6 is 0 Å².